The fourth-order valence-corrected chi connectivity index (χ4v) is 2.51. The van der Waals surface area contributed by atoms with Crippen molar-refractivity contribution < 1.29 is 14.3 Å². The zero-order valence-corrected chi connectivity index (χ0v) is 11.4. The summed E-state index contributed by atoms with van der Waals surface area (Å²) >= 11 is 0. The average Bonchev–Trinajstić information content (AvgIpc) is 2.43. The standard InChI is InChI=1S/C15H21FN2O2/c16-12-6-2-1-5-11(12)9-10-17-15(20)18-13-7-3-4-8-14(13)19/h1-2,5-6,13-14,19H,3-4,7-10H2,(H2,17,18,20). The zero-order chi connectivity index (χ0) is 14.4. The van der Waals surface area contributed by atoms with Crippen molar-refractivity contribution in [1.82, 2.24) is 10.6 Å². The Labute approximate surface area is 118 Å². The summed E-state index contributed by atoms with van der Waals surface area (Å²) in [6.07, 6.45) is 3.57. The second-order valence-electron chi connectivity index (χ2n) is 5.20. The lowest BCUT2D eigenvalue weighted by Gasteiger charge is -2.28. The second kappa shape index (κ2) is 7.24. The molecule has 0 spiro atoms. The Bertz CT molecular complexity index is 453. The molecule has 3 N–H and O–H groups in total. The highest BCUT2D eigenvalue weighted by Gasteiger charge is 2.24. The van der Waals surface area contributed by atoms with Crippen molar-refractivity contribution in [2.24, 2.45) is 0 Å². The molecule has 0 aromatic heterocycles. The fraction of sp³-hybridized carbons (Fsp3) is 0.533. The van der Waals surface area contributed by atoms with Crippen LogP contribution in [0.2, 0.25) is 0 Å². The van der Waals surface area contributed by atoms with Gasteiger partial charge in [0.1, 0.15) is 5.82 Å². The molecule has 2 amide bonds. The van der Waals surface area contributed by atoms with Gasteiger partial charge in [0.2, 0.25) is 0 Å². The van der Waals surface area contributed by atoms with E-state index in [9.17, 15) is 14.3 Å². The quantitative estimate of drug-likeness (QED) is 0.789. The highest BCUT2D eigenvalue weighted by Crippen LogP contribution is 2.18. The summed E-state index contributed by atoms with van der Waals surface area (Å²) in [5.74, 6) is -0.252. The van der Waals surface area contributed by atoms with Gasteiger partial charge in [-0.1, -0.05) is 31.0 Å². The third-order valence-electron chi connectivity index (χ3n) is 3.68. The molecule has 1 aromatic rings. The molecule has 1 saturated carbocycles. The van der Waals surface area contributed by atoms with Crippen molar-refractivity contribution in [2.75, 3.05) is 6.54 Å². The van der Waals surface area contributed by atoms with Gasteiger partial charge in [-0.3, -0.25) is 0 Å². The summed E-state index contributed by atoms with van der Waals surface area (Å²) in [6, 6.07) is 6.07. The van der Waals surface area contributed by atoms with E-state index >= 15 is 0 Å². The number of aliphatic hydroxyl groups is 1. The largest absolute Gasteiger partial charge is 0.391 e. The van der Waals surface area contributed by atoms with Gasteiger partial charge in [0.05, 0.1) is 12.1 Å². The predicted molar refractivity (Wildman–Crippen MR) is 74.9 cm³/mol. The number of urea groups is 1. The summed E-state index contributed by atoms with van der Waals surface area (Å²) < 4.78 is 13.4. The van der Waals surface area contributed by atoms with Gasteiger partial charge in [0.15, 0.2) is 0 Å². The first-order chi connectivity index (χ1) is 9.66. The lowest BCUT2D eigenvalue weighted by molar-refractivity contribution is 0.0943. The normalized spacial score (nSPS) is 22.3. The van der Waals surface area contributed by atoms with Gasteiger partial charge in [0, 0.05) is 6.54 Å². The summed E-state index contributed by atoms with van der Waals surface area (Å²) in [4.78, 5) is 11.7. The zero-order valence-electron chi connectivity index (χ0n) is 11.4. The molecule has 1 aliphatic carbocycles. The minimum atomic E-state index is -0.457. The maximum absolute atomic E-state index is 13.4. The minimum absolute atomic E-state index is 0.169. The molecule has 0 heterocycles. The summed E-state index contributed by atoms with van der Waals surface area (Å²) in [5.41, 5.74) is 0.588. The van der Waals surface area contributed by atoms with Crippen molar-refractivity contribution in [3.63, 3.8) is 0 Å². The Kier molecular flexibility index (Phi) is 5.35. The molecule has 5 heteroatoms. The number of halogens is 1. The first-order valence-electron chi connectivity index (χ1n) is 7.12. The topological polar surface area (TPSA) is 61.4 Å². The van der Waals surface area contributed by atoms with Crippen LogP contribution in [-0.4, -0.2) is 29.8 Å². The Morgan fingerprint density at radius 2 is 2.05 bits per heavy atom. The van der Waals surface area contributed by atoms with E-state index in [-0.39, 0.29) is 17.9 Å². The molecule has 110 valence electrons. The highest BCUT2D eigenvalue weighted by atomic mass is 19.1. The Morgan fingerprint density at radius 1 is 1.30 bits per heavy atom. The van der Waals surface area contributed by atoms with E-state index in [1.165, 1.54) is 6.07 Å². The molecular weight excluding hydrogens is 259 g/mol. The number of benzene rings is 1. The van der Waals surface area contributed by atoms with E-state index in [4.69, 9.17) is 0 Å². The summed E-state index contributed by atoms with van der Waals surface area (Å²) in [7, 11) is 0. The molecule has 1 aliphatic rings. The van der Waals surface area contributed by atoms with Crippen LogP contribution < -0.4 is 10.6 Å². The van der Waals surface area contributed by atoms with Gasteiger partial charge in [0.25, 0.3) is 0 Å². The maximum Gasteiger partial charge on any atom is 0.315 e. The van der Waals surface area contributed by atoms with Crippen molar-refractivity contribution in [2.45, 2.75) is 44.2 Å². The van der Waals surface area contributed by atoms with E-state index in [2.05, 4.69) is 10.6 Å². The number of carbonyl (C=O) groups is 1. The minimum Gasteiger partial charge on any atom is -0.391 e. The smallest absolute Gasteiger partial charge is 0.315 e. The van der Waals surface area contributed by atoms with Crippen LogP contribution in [0, 0.1) is 5.82 Å². The van der Waals surface area contributed by atoms with Crippen molar-refractivity contribution in [1.29, 1.82) is 0 Å². The van der Waals surface area contributed by atoms with Crippen molar-refractivity contribution >= 4 is 6.03 Å². The van der Waals surface area contributed by atoms with Crippen LogP contribution in [0.1, 0.15) is 31.2 Å². The molecule has 1 fully saturated rings. The first kappa shape index (κ1) is 14.8. The molecular formula is C15H21FN2O2. The Balaban J connectivity index is 1.71. The van der Waals surface area contributed by atoms with Crippen LogP contribution >= 0.6 is 0 Å². The van der Waals surface area contributed by atoms with Gasteiger partial charge in [-0.25, -0.2) is 9.18 Å². The predicted octanol–water partition coefficient (Wildman–Crippen LogP) is 1.97. The molecule has 0 bridgehead atoms. The summed E-state index contributed by atoms with van der Waals surface area (Å²) in [6.45, 7) is 0.371. The van der Waals surface area contributed by atoms with E-state index in [0.717, 1.165) is 25.7 Å². The third kappa shape index (κ3) is 4.20. The second-order valence-corrected chi connectivity index (χ2v) is 5.20. The van der Waals surface area contributed by atoms with Gasteiger partial charge in [-0.15, -0.1) is 0 Å². The number of hydrogen-bond acceptors (Lipinski definition) is 2. The number of carbonyl (C=O) groups excluding carboxylic acids is 1. The Morgan fingerprint density at radius 3 is 2.80 bits per heavy atom. The van der Waals surface area contributed by atoms with Crippen LogP contribution in [0.5, 0.6) is 0 Å². The molecule has 2 unspecified atom stereocenters. The number of hydrogen-bond donors (Lipinski definition) is 3. The molecule has 4 nitrogen and oxygen atoms in total. The van der Waals surface area contributed by atoms with E-state index < -0.39 is 6.10 Å². The SMILES string of the molecule is O=C(NCCc1ccccc1F)NC1CCCCC1O. The number of rotatable bonds is 4. The average molecular weight is 280 g/mol. The molecule has 0 radical (unpaired) electrons. The third-order valence-corrected chi connectivity index (χ3v) is 3.68. The molecule has 2 rings (SSSR count). The molecule has 0 aliphatic heterocycles. The lowest BCUT2D eigenvalue weighted by Crippen LogP contribution is -2.49. The van der Waals surface area contributed by atoms with E-state index in [1.54, 1.807) is 18.2 Å². The van der Waals surface area contributed by atoms with Crippen molar-refractivity contribution in [3.8, 4) is 0 Å². The Hall–Kier alpha value is -1.62. The van der Waals surface area contributed by atoms with Gasteiger partial charge >= 0.3 is 6.03 Å². The van der Waals surface area contributed by atoms with Crippen LogP contribution in [0.25, 0.3) is 0 Å². The van der Waals surface area contributed by atoms with Crippen LogP contribution in [0.4, 0.5) is 9.18 Å². The van der Waals surface area contributed by atoms with E-state index in [0.29, 0.717) is 18.5 Å². The molecule has 0 saturated heterocycles. The first-order valence-corrected chi connectivity index (χ1v) is 7.12. The molecule has 2 atom stereocenters. The van der Waals surface area contributed by atoms with Gasteiger partial charge in [-0.05, 0) is 30.9 Å². The number of aliphatic hydroxyl groups excluding tert-OH is 1. The highest BCUT2D eigenvalue weighted by molar-refractivity contribution is 5.74. The summed E-state index contributed by atoms with van der Waals surface area (Å²) in [5, 5.41) is 15.2. The maximum atomic E-state index is 13.4. The molecule has 20 heavy (non-hydrogen) atoms. The van der Waals surface area contributed by atoms with E-state index in [1.807, 2.05) is 0 Å². The monoisotopic (exact) mass is 280 g/mol. The van der Waals surface area contributed by atoms with Crippen molar-refractivity contribution in [3.05, 3.63) is 35.6 Å². The fourth-order valence-electron chi connectivity index (χ4n) is 2.51. The lowest BCUT2D eigenvalue weighted by atomic mass is 9.93. The van der Waals surface area contributed by atoms with Gasteiger partial charge in [-0.2, -0.15) is 0 Å². The molecule has 1 aromatic carbocycles. The van der Waals surface area contributed by atoms with Crippen LogP contribution in [0.3, 0.4) is 0 Å². The van der Waals surface area contributed by atoms with Gasteiger partial charge < -0.3 is 15.7 Å². The van der Waals surface area contributed by atoms with Crippen LogP contribution in [0.15, 0.2) is 24.3 Å². The number of nitrogens with one attached hydrogen (secondary N) is 2. The number of amides is 2. The van der Waals surface area contributed by atoms with Crippen LogP contribution in [-0.2, 0) is 6.42 Å².